The summed E-state index contributed by atoms with van der Waals surface area (Å²) in [6.45, 7) is 3.05. The maximum atomic E-state index is 11.8. The lowest BCUT2D eigenvalue weighted by molar-refractivity contribution is -0.143. The minimum absolute atomic E-state index is 0.222. The highest BCUT2D eigenvalue weighted by atomic mass is 16.5. The second-order valence-corrected chi connectivity index (χ2v) is 4.74. The molecule has 1 unspecified atom stereocenters. The Morgan fingerprint density at radius 2 is 1.84 bits per heavy atom. The molecule has 106 valence electrons. The minimum Gasteiger partial charge on any atom is -0.468 e. The summed E-state index contributed by atoms with van der Waals surface area (Å²) in [5.41, 5.74) is 0.961. The number of ether oxygens (including phenoxy) is 1. The molecule has 0 aliphatic carbocycles. The van der Waals surface area contributed by atoms with Crippen LogP contribution in [0.2, 0.25) is 0 Å². The van der Waals surface area contributed by atoms with E-state index in [0.717, 1.165) is 18.5 Å². The highest BCUT2D eigenvalue weighted by Gasteiger charge is 2.19. The molecule has 1 rings (SSSR count). The maximum absolute atomic E-state index is 11.8. The zero-order chi connectivity index (χ0) is 13.9. The Hall–Kier alpha value is -1.35. The first-order valence-corrected chi connectivity index (χ1v) is 7.15. The van der Waals surface area contributed by atoms with Crippen molar-refractivity contribution in [3.05, 3.63) is 35.9 Å². The molecule has 0 saturated carbocycles. The van der Waals surface area contributed by atoms with Gasteiger partial charge in [-0.25, -0.2) is 4.79 Å². The Labute approximate surface area is 116 Å². The summed E-state index contributed by atoms with van der Waals surface area (Å²) < 4.78 is 4.86. The topological polar surface area (TPSA) is 38.3 Å². The predicted octanol–water partition coefficient (Wildman–Crippen LogP) is 3.46. The van der Waals surface area contributed by atoms with E-state index < -0.39 is 0 Å². The third-order valence-electron chi connectivity index (χ3n) is 3.20. The van der Waals surface area contributed by atoms with Crippen molar-refractivity contribution < 1.29 is 9.53 Å². The van der Waals surface area contributed by atoms with Crippen molar-refractivity contribution >= 4 is 5.97 Å². The Bertz CT molecular complexity index is 351. The van der Waals surface area contributed by atoms with Gasteiger partial charge in [0.05, 0.1) is 7.11 Å². The molecule has 0 heterocycles. The molecular formula is C16H25NO2. The highest BCUT2D eigenvalue weighted by Crippen LogP contribution is 2.14. The van der Waals surface area contributed by atoms with Crippen LogP contribution in [0.5, 0.6) is 0 Å². The summed E-state index contributed by atoms with van der Waals surface area (Å²) in [4.78, 5) is 11.8. The van der Waals surface area contributed by atoms with Crippen molar-refractivity contribution in [3.8, 4) is 0 Å². The van der Waals surface area contributed by atoms with Crippen molar-refractivity contribution in [2.75, 3.05) is 13.7 Å². The molecule has 0 aromatic heterocycles. The van der Waals surface area contributed by atoms with Crippen molar-refractivity contribution in [2.45, 2.75) is 45.1 Å². The fourth-order valence-electron chi connectivity index (χ4n) is 2.08. The Morgan fingerprint density at radius 3 is 2.47 bits per heavy atom. The van der Waals surface area contributed by atoms with Gasteiger partial charge in [0.1, 0.15) is 6.04 Å². The first kappa shape index (κ1) is 15.7. The van der Waals surface area contributed by atoms with Crippen LogP contribution >= 0.6 is 0 Å². The number of carbonyl (C=O) groups excluding carboxylic acids is 1. The van der Waals surface area contributed by atoms with E-state index in [4.69, 9.17) is 4.74 Å². The third-order valence-corrected chi connectivity index (χ3v) is 3.20. The number of hydrogen-bond acceptors (Lipinski definition) is 3. The monoisotopic (exact) mass is 263 g/mol. The summed E-state index contributed by atoms with van der Waals surface area (Å²) in [6.07, 6.45) is 6.12. The van der Waals surface area contributed by atoms with Crippen molar-refractivity contribution in [1.29, 1.82) is 0 Å². The molecule has 0 amide bonds. The lowest BCUT2D eigenvalue weighted by Gasteiger charge is -2.16. The average Bonchev–Trinajstić information content (AvgIpc) is 2.47. The van der Waals surface area contributed by atoms with Crippen LogP contribution in [0.3, 0.4) is 0 Å². The van der Waals surface area contributed by atoms with Crippen molar-refractivity contribution in [1.82, 2.24) is 5.32 Å². The molecule has 3 heteroatoms. The lowest BCUT2D eigenvalue weighted by Crippen LogP contribution is -2.30. The number of rotatable bonds is 9. The normalized spacial score (nSPS) is 12.1. The van der Waals surface area contributed by atoms with Gasteiger partial charge in [0.2, 0.25) is 0 Å². The van der Waals surface area contributed by atoms with Crippen LogP contribution in [-0.4, -0.2) is 19.6 Å². The summed E-state index contributed by atoms with van der Waals surface area (Å²) >= 11 is 0. The molecule has 0 spiro atoms. The minimum atomic E-state index is -0.350. The van der Waals surface area contributed by atoms with Crippen LogP contribution in [0.1, 0.15) is 50.6 Å². The molecule has 0 aliphatic heterocycles. The Balaban J connectivity index is 2.41. The summed E-state index contributed by atoms with van der Waals surface area (Å²) in [7, 11) is 1.43. The first-order chi connectivity index (χ1) is 9.29. The van der Waals surface area contributed by atoms with E-state index in [1.54, 1.807) is 0 Å². The molecule has 19 heavy (non-hydrogen) atoms. The predicted molar refractivity (Wildman–Crippen MR) is 78.0 cm³/mol. The van der Waals surface area contributed by atoms with Gasteiger partial charge in [-0.15, -0.1) is 0 Å². The van der Waals surface area contributed by atoms with Crippen LogP contribution in [0.15, 0.2) is 30.3 Å². The summed E-state index contributed by atoms with van der Waals surface area (Å²) in [5.74, 6) is -0.222. The van der Waals surface area contributed by atoms with Gasteiger partial charge in [-0.05, 0) is 18.5 Å². The number of carbonyl (C=O) groups is 1. The summed E-state index contributed by atoms with van der Waals surface area (Å²) in [6, 6.07) is 9.37. The van der Waals surface area contributed by atoms with Gasteiger partial charge in [0.15, 0.2) is 0 Å². The molecule has 0 bridgehead atoms. The fourth-order valence-corrected chi connectivity index (χ4v) is 2.08. The molecule has 0 fully saturated rings. The van der Waals surface area contributed by atoms with Crippen LogP contribution in [-0.2, 0) is 9.53 Å². The van der Waals surface area contributed by atoms with Crippen molar-refractivity contribution in [2.24, 2.45) is 0 Å². The van der Waals surface area contributed by atoms with E-state index in [1.165, 1.54) is 32.8 Å². The zero-order valence-corrected chi connectivity index (χ0v) is 12.0. The second kappa shape index (κ2) is 9.56. The fraction of sp³-hybridized carbons (Fsp3) is 0.562. The Kier molecular flexibility index (Phi) is 7.91. The van der Waals surface area contributed by atoms with E-state index in [9.17, 15) is 4.79 Å². The quantitative estimate of drug-likeness (QED) is 0.547. The first-order valence-electron chi connectivity index (χ1n) is 7.15. The van der Waals surface area contributed by atoms with Crippen molar-refractivity contribution in [3.63, 3.8) is 0 Å². The largest absolute Gasteiger partial charge is 0.468 e. The van der Waals surface area contributed by atoms with Gasteiger partial charge in [0, 0.05) is 0 Å². The number of benzene rings is 1. The van der Waals surface area contributed by atoms with E-state index in [2.05, 4.69) is 12.2 Å². The van der Waals surface area contributed by atoms with E-state index in [-0.39, 0.29) is 12.0 Å². The number of methoxy groups -OCH3 is 1. The molecule has 1 aromatic carbocycles. The van der Waals surface area contributed by atoms with Gasteiger partial charge in [0.25, 0.3) is 0 Å². The number of unbranched alkanes of at least 4 members (excludes halogenated alkanes) is 4. The smallest absolute Gasteiger partial charge is 0.327 e. The molecule has 0 saturated heterocycles. The van der Waals surface area contributed by atoms with E-state index >= 15 is 0 Å². The highest BCUT2D eigenvalue weighted by molar-refractivity contribution is 5.77. The van der Waals surface area contributed by atoms with E-state index in [0.29, 0.717) is 0 Å². The zero-order valence-electron chi connectivity index (χ0n) is 12.0. The number of nitrogens with one attached hydrogen (secondary N) is 1. The molecule has 1 aromatic rings. The molecule has 1 atom stereocenters. The number of esters is 1. The van der Waals surface area contributed by atoms with Crippen LogP contribution < -0.4 is 5.32 Å². The van der Waals surface area contributed by atoms with Crippen LogP contribution in [0.25, 0.3) is 0 Å². The summed E-state index contributed by atoms with van der Waals surface area (Å²) in [5, 5.41) is 3.29. The molecular weight excluding hydrogens is 238 g/mol. The van der Waals surface area contributed by atoms with Crippen LogP contribution in [0, 0.1) is 0 Å². The van der Waals surface area contributed by atoms with Gasteiger partial charge >= 0.3 is 5.97 Å². The van der Waals surface area contributed by atoms with Gasteiger partial charge < -0.3 is 10.1 Å². The average molecular weight is 263 g/mol. The Morgan fingerprint density at radius 1 is 1.16 bits per heavy atom. The van der Waals surface area contributed by atoms with Gasteiger partial charge in [-0.1, -0.05) is 62.9 Å². The van der Waals surface area contributed by atoms with Gasteiger partial charge in [-0.2, -0.15) is 0 Å². The second-order valence-electron chi connectivity index (χ2n) is 4.74. The van der Waals surface area contributed by atoms with Crippen LogP contribution in [0.4, 0.5) is 0 Å². The van der Waals surface area contributed by atoms with Gasteiger partial charge in [-0.3, -0.25) is 0 Å². The molecule has 3 nitrogen and oxygen atoms in total. The lowest BCUT2D eigenvalue weighted by atomic mass is 10.1. The number of hydrogen-bond donors (Lipinski definition) is 1. The molecule has 0 radical (unpaired) electrons. The molecule has 0 aliphatic rings. The molecule has 1 N–H and O–H groups in total. The maximum Gasteiger partial charge on any atom is 0.327 e. The van der Waals surface area contributed by atoms with E-state index in [1.807, 2.05) is 30.3 Å². The standard InChI is InChI=1S/C16H25NO2/c1-3-4-5-6-10-13-17-15(16(18)19-2)14-11-8-7-9-12-14/h7-9,11-12,15,17H,3-6,10,13H2,1-2H3. The third kappa shape index (κ3) is 5.88. The SMILES string of the molecule is CCCCCCCNC(C(=O)OC)c1ccccc1.